The first-order valence-corrected chi connectivity index (χ1v) is 7.79. The summed E-state index contributed by atoms with van der Waals surface area (Å²) in [4.78, 5) is 4.17. The van der Waals surface area contributed by atoms with E-state index >= 15 is 0 Å². The molecule has 0 aliphatic carbocycles. The van der Waals surface area contributed by atoms with Gasteiger partial charge in [-0.25, -0.2) is 8.42 Å². The minimum Gasteiger partial charge on any atom is -0.496 e. The van der Waals surface area contributed by atoms with Crippen LogP contribution in [0.2, 0.25) is 0 Å². The van der Waals surface area contributed by atoms with Gasteiger partial charge in [-0.2, -0.15) is 4.31 Å². The van der Waals surface area contributed by atoms with E-state index in [9.17, 15) is 8.42 Å². The van der Waals surface area contributed by atoms with Gasteiger partial charge in [-0.05, 0) is 26.3 Å². The van der Waals surface area contributed by atoms with Gasteiger partial charge >= 0.3 is 0 Å². The molecule has 110 valence electrons. The summed E-state index contributed by atoms with van der Waals surface area (Å²) in [5.74, 6) is 0.727. The lowest BCUT2D eigenvalue weighted by molar-refractivity contribution is 0.298. The Hall–Kier alpha value is -1.14. The maximum Gasteiger partial charge on any atom is 0.211 e. The van der Waals surface area contributed by atoms with E-state index in [0.717, 1.165) is 16.9 Å². The number of hydrogen-bond acceptors (Lipinski definition) is 4. The molecule has 0 rings (SSSR count). The zero-order valence-electron chi connectivity index (χ0n) is 12.8. The molecule has 6 heteroatoms. The van der Waals surface area contributed by atoms with Crippen LogP contribution in [0.3, 0.4) is 0 Å². The van der Waals surface area contributed by atoms with Gasteiger partial charge in [0.05, 0.1) is 25.6 Å². The van der Waals surface area contributed by atoms with Crippen molar-refractivity contribution in [1.29, 1.82) is 0 Å². The van der Waals surface area contributed by atoms with Gasteiger partial charge in [0.2, 0.25) is 10.0 Å². The van der Waals surface area contributed by atoms with E-state index in [4.69, 9.17) is 4.74 Å². The lowest BCUT2D eigenvalue weighted by Crippen LogP contribution is -2.32. The largest absolute Gasteiger partial charge is 0.496 e. The van der Waals surface area contributed by atoms with Crippen molar-refractivity contribution in [3.63, 3.8) is 0 Å². The maximum absolute atomic E-state index is 11.4. The van der Waals surface area contributed by atoms with E-state index in [0.29, 0.717) is 5.71 Å². The zero-order chi connectivity index (χ0) is 15.2. The molecule has 0 aromatic carbocycles. The number of aliphatic imine (C=N–C) groups is 1. The summed E-state index contributed by atoms with van der Waals surface area (Å²) in [5.41, 5.74) is 2.52. The van der Waals surface area contributed by atoms with E-state index < -0.39 is 10.0 Å². The van der Waals surface area contributed by atoms with Crippen molar-refractivity contribution in [2.75, 3.05) is 34.0 Å². The number of allylic oxidation sites excluding steroid dienone is 2. The highest BCUT2D eigenvalue weighted by Gasteiger charge is 2.17. The van der Waals surface area contributed by atoms with Crippen molar-refractivity contribution < 1.29 is 13.2 Å². The molecule has 19 heavy (non-hydrogen) atoms. The summed E-state index contributed by atoms with van der Waals surface area (Å²) in [7, 11) is 1.55. The second-order valence-corrected chi connectivity index (χ2v) is 6.41. The van der Waals surface area contributed by atoms with Crippen molar-refractivity contribution in [3.05, 3.63) is 23.0 Å². The quantitative estimate of drug-likeness (QED) is 0.426. The summed E-state index contributed by atoms with van der Waals surface area (Å²) in [5, 5.41) is 0. The molecule has 0 N–H and O–H groups in total. The first-order chi connectivity index (χ1) is 8.68. The van der Waals surface area contributed by atoms with Gasteiger partial charge in [0.25, 0.3) is 0 Å². The number of methoxy groups -OCH3 is 1. The number of ether oxygens (including phenoxy) is 1. The average Bonchev–Trinajstić information content (AvgIpc) is 2.34. The maximum atomic E-state index is 11.4. The molecule has 0 aliphatic rings. The van der Waals surface area contributed by atoms with Crippen LogP contribution in [0, 0.1) is 0 Å². The fourth-order valence-corrected chi connectivity index (χ4v) is 1.91. The Balaban J connectivity index is 5.45. The Kier molecular flexibility index (Phi) is 7.00. The fraction of sp³-hybridized carbons (Fsp3) is 0.615. The molecule has 0 aromatic heterocycles. The van der Waals surface area contributed by atoms with E-state index in [-0.39, 0.29) is 6.54 Å². The van der Waals surface area contributed by atoms with Gasteiger partial charge < -0.3 is 4.74 Å². The van der Waals surface area contributed by atoms with Crippen LogP contribution in [0.5, 0.6) is 0 Å². The smallest absolute Gasteiger partial charge is 0.211 e. The SMILES string of the molecule is C\C=C(C)/C(OC)=C(C)\C(CN(C)S(C)(=O)=O)=N\C. The van der Waals surface area contributed by atoms with Crippen molar-refractivity contribution in [1.82, 2.24) is 4.31 Å². The highest BCUT2D eigenvalue weighted by atomic mass is 32.2. The Morgan fingerprint density at radius 3 is 2.21 bits per heavy atom. The molecule has 0 atom stereocenters. The molecular formula is C13H24N2O3S. The Morgan fingerprint density at radius 1 is 1.37 bits per heavy atom. The van der Waals surface area contributed by atoms with Gasteiger partial charge in [0, 0.05) is 19.7 Å². The third kappa shape index (κ3) is 5.16. The van der Waals surface area contributed by atoms with E-state index in [1.807, 2.05) is 26.8 Å². The summed E-state index contributed by atoms with van der Waals surface area (Å²) in [6.07, 6.45) is 3.11. The summed E-state index contributed by atoms with van der Waals surface area (Å²) in [6, 6.07) is 0. The van der Waals surface area contributed by atoms with E-state index in [2.05, 4.69) is 4.99 Å². The Bertz CT molecular complexity index is 502. The molecule has 0 bridgehead atoms. The molecule has 0 saturated carbocycles. The van der Waals surface area contributed by atoms with Gasteiger partial charge in [-0.1, -0.05) is 6.08 Å². The number of sulfonamides is 1. The number of nitrogens with zero attached hydrogens (tertiary/aromatic N) is 2. The Labute approximate surface area is 116 Å². The molecule has 0 spiro atoms. The zero-order valence-corrected chi connectivity index (χ0v) is 13.6. The van der Waals surface area contributed by atoms with E-state index in [1.54, 1.807) is 14.2 Å². The lowest BCUT2D eigenvalue weighted by Gasteiger charge is -2.18. The monoisotopic (exact) mass is 288 g/mol. The predicted molar refractivity (Wildman–Crippen MR) is 80.0 cm³/mol. The van der Waals surface area contributed by atoms with Gasteiger partial charge in [0.1, 0.15) is 5.76 Å². The lowest BCUT2D eigenvalue weighted by atomic mass is 10.1. The first-order valence-electron chi connectivity index (χ1n) is 5.94. The van der Waals surface area contributed by atoms with Crippen molar-refractivity contribution >= 4 is 15.7 Å². The molecule has 0 aliphatic heterocycles. The summed E-state index contributed by atoms with van der Waals surface area (Å²) >= 11 is 0. The number of hydrogen-bond donors (Lipinski definition) is 0. The van der Waals surface area contributed by atoms with Crippen LogP contribution in [0.25, 0.3) is 0 Å². The van der Waals surface area contributed by atoms with Crippen LogP contribution in [0.4, 0.5) is 0 Å². The highest BCUT2D eigenvalue weighted by molar-refractivity contribution is 7.88. The first kappa shape index (κ1) is 17.9. The highest BCUT2D eigenvalue weighted by Crippen LogP contribution is 2.17. The topological polar surface area (TPSA) is 59.0 Å². The van der Waals surface area contributed by atoms with Crippen LogP contribution in [-0.4, -0.2) is 52.4 Å². The van der Waals surface area contributed by atoms with Crippen molar-refractivity contribution in [2.45, 2.75) is 20.8 Å². The normalized spacial score (nSPS) is 15.6. The molecule has 0 unspecified atom stereocenters. The number of rotatable bonds is 6. The molecule has 5 nitrogen and oxygen atoms in total. The van der Waals surface area contributed by atoms with Crippen LogP contribution >= 0.6 is 0 Å². The second-order valence-electron chi connectivity index (χ2n) is 4.32. The standard InChI is InChI=1S/C13H24N2O3S/c1-8-10(2)13(18-6)11(3)12(14-4)9-15(5)19(7,16)17/h8H,9H2,1-7H3/b10-8-,13-11+,14-12+. The van der Waals surface area contributed by atoms with E-state index in [1.165, 1.54) is 17.6 Å². The van der Waals surface area contributed by atoms with Crippen LogP contribution in [0.15, 0.2) is 28.0 Å². The van der Waals surface area contributed by atoms with Crippen molar-refractivity contribution in [2.24, 2.45) is 4.99 Å². The minimum absolute atomic E-state index is 0.227. The fourth-order valence-electron chi connectivity index (χ4n) is 1.56. The third-order valence-corrected chi connectivity index (χ3v) is 4.24. The minimum atomic E-state index is -3.23. The molecule has 0 fully saturated rings. The molecule has 0 aromatic rings. The Morgan fingerprint density at radius 2 is 1.89 bits per heavy atom. The van der Waals surface area contributed by atoms with Gasteiger partial charge in [-0.15, -0.1) is 0 Å². The molecule has 0 radical (unpaired) electrons. The van der Waals surface area contributed by atoms with Crippen LogP contribution in [0.1, 0.15) is 20.8 Å². The average molecular weight is 288 g/mol. The van der Waals surface area contributed by atoms with Crippen LogP contribution in [-0.2, 0) is 14.8 Å². The van der Waals surface area contributed by atoms with Crippen LogP contribution < -0.4 is 0 Å². The summed E-state index contributed by atoms with van der Waals surface area (Å²) in [6.45, 7) is 5.97. The molecule has 0 saturated heterocycles. The molecule has 0 amide bonds. The van der Waals surface area contributed by atoms with Crippen molar-refractivity contribution in [3.8, 4) is 0 Å². The molecule has 0 heterocycles. The molecular weight excluding hydrogens is 264 g/mol. The second kappa shape index (κ2) is 7.45. The predicted octanol–water partition coefficient (Wildman–Crippen LogP) is 1.84. The van der Waals surface area contributed by atoms with Gasteiger partial charge in [0.15, 0.2) is 0 Å². The van der Waals surface area contributed by atoms with Gasteiger partial charge in [-0.3, -0.25) is 4.99 Å². The summed E-state index contributed by atoms with van der Waals surface area (Å²) < 4.78 is 29.5. The third-order valence-electron chi connectivity index (χ3n) is 2.98.